The summed E-state index contributed by atoms with van der Waals surface area (Å²) in [5, 5.41) is 0. The first-order valence-corrected chi connectivity index (χ1v) is 8.68. The molecule has 6 heteroatoms. The minimum Gasteiger partial charge on any atom is -0.493 e. The lowest BCUT2D eigenvalue weighted by molar-refractivity contribution is 0.354. The summed E-state index contributed by atoms with van der Waals surface area (Å²) < 4.78 is 37.1. The molecule has 0 aliphatic heterocycles. The third-order valence-electron chi connectivity index (χ3n) is 3.72. The van der Waals surface area contributed by atoms with Gasteiger partial charge in [-0.05, 0) is 36.2 Å². The number of methoxy groups -OCH3 is 2. The summed E-state index contributed by atoms with van der Waals surface area (Å²) in [6.45, 7) is 2.05. The lowest BCUT2D eigenvalue weighted by Gasteiger charge is -2.20. The lowest BCUT2D eigenvalue weighted by Crippen LogP contribution is -2.26. The van der Waals surface area contributed by atoms with Gasteiger partial charge in [-0.25, -0.2) is 8.42 Å². The molecular weight excluding hydrogens is 314 g/mol. The number of rotatable bonds is 6. The normalized spacial score (nSPS) is 11.1. The van der Waals surface area contributed by atoms with E-state index in [2.05, 4.69) is 6.92 Å². The number of benzene rings is 2. The fourth-order valence-electron chi connectivity index (χ4n) is 2.22. The number of ether oxygens (including phenoxy) is 2. The molecule has 0 amide bonds. The predicted molar refractivity (Wildman–Crippen MR) is 91.0 cm³/mol. The van der Waals surface area contributed by atoms with Gasteiger partial charge in [0, 0.05) is 13.1 Å². The summed E-state index contributed by atoms with van der Waals surface area (Å²) in [6, 6.07) is 12.0. The van der Waals surface area contributed by atoms with Crippen LogP contribution in [0.5, 0.6) is 11.5 Å². The van der Waals surface area contributed by atoms with Crippen molar-refractivity contribution in [2.75, 3.05) is 25.6 Å². The molecular formula is C17H21NO4S. The SMILES string of the molecule is CCc1ccc(N(C)S(=O)(=O)c2ccc(OC)c(OC)c2)cc1. The minimum atomic E-state index is -3.67. The van der Waals surface area contributed by atoms with Crippen LogP contribution >= 0.6 is 0 Å². The van der Waals surface area contributed by atoms with Gasteiger partial charge in [0.05, 0.1) is 24.8 Å². The molecule has 0 N–H and O–H groups in total. The van der Waals surface area contributed by atoms with Gasteiger partial charge in [-0.3, -0.25) is 4.31 Å². The number of hydrogen-bond acceptors (Lipinski definition) is 4. The molecule has 0 aromatic heterocycles. The van der Waals surface area contributed by atoms with Crippen molar-refractivity contribution < 1.29 is 17.9 Å². The van der Waals surface area contributed by atoms with Crippen molar-refractivity contribution in [3.05, 3.63) is 48.0 Å². The third kappa shape index (κ3) is 3.42. The van der Waals surface area contributed by atoms with Crippen molar-refractivity contribution in [2.24, 2.45) is 0 Å². The van der Waals surface area contributed by atoms with E-state index in [1.807, 2.05) is 12.1 Å². The van der Waals surface area contributed by atoms with Crippen LogP contribution in [0.4, 0.5) is 5.69 Å². The van der Waals surface area contributed by atoms with E-state index >= 15 is 0 Å². The zero-order valence-electron chi connectivity index (χ0n) is 13.7. The molecule has 0 atom stereocenters. The van der Waals surface area contributed by atoms with Crippen LogP contribution in [-0.2, 0) is 16.4 Å². The maximum atomic E-state index is 12.8. The van der Waals surface area contributed by atoms with Gasteiger partial charge in [-0.2, -0.15) is 0 Å². The highest BCUT2D eigenvalue weighted by Crippen LogP contribution is 2.31. The van der Waals surface area contributed by atoms with Gasteiger partial charge < -0.3 is 9.47 Å². The molecule has 5 nitrogen and oxygen atoms in total. The van der Waals surface area contributed by atoms with Gasteiger partial charge in [0.25, 0.3) is 10.0 Å². The second-order valence-corrected chi connectivity index (χ2v) is 6.98. The lowest BCUT2D eigenvalue weighted by atomic mass is 10.1. The largest absolute Gasteiger partial charge is 0.493 e. The molecule has 0 aliphatic rings. The maximum absolute atomic E-state index is 12.8. The Labute approximate surface area is 137 Å². The molecule has 0 fully saturated rings. The Morgan fingerprint density at radius 3 is 2.09 bits per heavy atom. The van der Waals surface area contributed by atoms with E-state index < -0.39 is 10.0 Å². The second-order valence-electron chi connectivity index (χ2n) is 5.01. The summed E-state index contributed by atoms with van der Waals surface area (Å²) in [5.74, 6) is 0.865. The molecule has 0 heterocycles. The fourth-order valence-corrected chi connectivity index (χ4v) is 3.43. The van der Waals surface area contributed by atoms with Gasteiger partial charge >= 0.3 is 0 Å². The highest BCUT2D eigenvalue weighted by atomic mass is 32.2. The first kappa shape index (κ1) is 17.1. The Kier molecular flexibility index (Phi) is 5.15. The quantitative estimate of drug-likeness (QED) is 0.814. The molecule has 0 radical (unpaired) electrons. The second kappa shape index (κ2) is 6.91. The average Bonchev–Trinajstić information content (AvgIpc) is 2.60. The molecule has 2 rings (SSSR count). The van der Waals surface area contributed by atoms with Crippen molar-refractivity contribution in [2.45, 2.75) is 18.2 Å². The van der Waals surface area contributed by atoms with Crippen molar-refractivity contribution in [1.82, 2.24) is 0 Å². The van der Waals surface area contributed by atoms with Gasteiger partial charge in [0.15, 0.2) is 11.5 Å². The molecule has 2 aromatic carbocycles. The van der Waals surface area contributed by atoms with Crippen LogP contribution < -0.4 is 13.8 Å². The van der Waals surface area contributed by atoms with Gasteiger partial charge in [-0.1, -0.05) is 19.1 Å². The standard InChI is InChI=1S/C17H21NO4S/c1-5-13-6-8-14(9-7-13)18(2)23(19,20)15-10-11-16(21-3)17(12-15)22-4/h6-12H,5H2,1-4H3. The monoisotopic (exact) mass is 335 g/mol. The summed E-state index contributed by atoms with van der Waals surface area (Å²) >= 11 is 0. The molecule has 124 valence electrons. The molecule has 0 aliphatic carbocycles. The average molecular weight is 335 g/mol. The van der Waals surface area contributed by atoms with Crippen LogP contribution in [0.2, 0.25) is 0 Å². The Morgan fingerprint density at radius 2 is 1.57 bits per heavy atom. The minimum absolute atomic E-state index is 0.150. The van der Waals surface area contributed by atoms with Gasteiger partial charge in [0.1, 0.15) is 0 Å². The summed E-state index contributed by atoms with van der Waals surface area (Å²) in [4.78, 5) is 0.150. The van der Waals surface area contributed by atoms with E-state index in [0.717, 1.165) is 12.0 Å². The Bertz CT molecular complexity index is 770. The molecule has 0 saturated carbocycles. The van der Waals surface area contributed by atoms with Crippen molar-refractivity contribution in [3.8, 4) is 11.5 Å². The van der Waals surface area contributed by atoms with Crippen LogP contribution in [0.3, 0.4) is 0 Å². The molecule has 0 saturated heterocycles. The number of anilines is 1. The van der Waals surface area contributed by atoms with Gasteiger partial charge in [-0.15, -0.1) is 0 Å². The fraction of sp³-hybridized carbons (Fsp3) is 0.294. The Morgan fingerprint density at radius 1 is 0.957 bits per heavy atom. The summed E-state index contributed by atoms with van der Waals surface area (Å²) in [7, 11) is 0.844. The molecule has 2 aromatic rings. The molecule has 23 heavy (non-hydrogen) atoms. The van der Waals surface area contributed by atoms with E-state index in [-0.39, 0.29) is 4.90 Å². The van der Waals surface area contributed by atoms with Crippen molar-refractivity contribution in [1.29, 1.82) is 0 Å². The smallest absolute Gasteiger partial charge is 0.264 e. The first-order valence-electron chi connectivity index (χ1n) is 7.24. The number of hydrogen-bond donors (Lipinski definition) is 0. The zero-order chi connectivity index (χ0) is 17.0. The van der Waals surface area contributed by atoms with Gasteiger partial charge in [0.2, 0.25) is 0 Å². The Hall–Kier alpha value is -2.21. The Balaban J connectivity index is 2.40. The van der Waals surface area contributed by atoms with E-state index in [1.165, 1.54) is 37.7 Å². The van der Waals surface area contributed by atoms with Crippen molar-refractivity contribution in [3.63, 3.8) is 0 Å². The van der Waals surface area contributed by atoms with E-state index in [1.54, 1.807) is 18.2 Å². The zero-order valence-corrected chi connectivity index (χ0v) is 14.6. The molecule has 0 bridgehead atoms. The topological polar surface area (TPSA) is 55.8 Å². The predicted octanol–water partition coefficient (Wildman–Crippen LogP) is 3.09. The molecule has 0 spiro atoms. The maximum Gasteiger partial charge on any atom is 0.264 e. The third-order valence-corrected chi connectivity index (χ3v) is 5.50. The summed E-state index contributed by atoms with van der Waals surface area (Å²) in [5.41, 5.74) is 1.77. The highest BCUT2D eigenvalue weighted by molar-refractivity contribution is 7.92. The van der Waals surface area contributed by atoms with Crippen LogP contribution in [0.1, 0.15) is 12.5 Å². The van der Waals surface area contributed by atoms with Crippen LogP contribution in [0.25, 0.3) is 0 Å². The van der Waals surface area contributed by atoms with E-state index in [9.17, 15) is 8.42 Å². The van der Waals surface area contributed by atoms with E-state index in [0.29, 0.717) is 17.2 Å². The van der Waals surface area contributed by atoms with Crippen LogP contribution in [0, 0.1) is 0 Å². The molecule has 0 unspecified atom stereocenters. The van der Waals surface area contributed by atoms with E-state index in [4.69, 9.17) is 9.47 Å². The summed E-state index contributed by atoms with van der Waals surface area (Å²) in [6.07, 6.45) is 0.909. The van der Waals surface area contributed by atoms with Crippen LogP contribution in [-0.4, -0.2) is 29.7 Å². The van der Waals surface area contributed by atoms with Crippen molar-refractivity contribution >= 4 is 15.7 Å². The number of nitrogens with zero attached hydrogens (tertiary/aromatic N) is 1. The highest BCUT2D eigenvalue weighted by Gasteiger charge is 2.23. The first-order chi connectivity index (χ1) is 10.9. The number of sulfonamides is 1. The van der Waals surface area contributed by atoms with Crippen LogP contribution in [0.15, 0.2) is 47.4 Å². The number of aryl methyl sites for hydroxylation is 1.